The fourth-order valence-corrected chi connectivity index (χ4v) is 2.96. The Morgan fingerprint density at radius 1 is 1.04 bits per heavy atom. The van der Waals surface area contributed by atoms with Gasteiger partial charge in [-0.15, -0.1) is 0 Å². The van der Waals surface area contributed by atoms with Crippen LogP contribution in [0.25, 0.3) is 0 Å². The number of hydrogen-bond donors (Lipinski definition) is 2. The quantitative estimate of drug-likeness (QED) is 0.771. The molecule has 0 saturated carbocycles. The Labute approximate surface area is 161 Å². The number of hydrogen-bond acceptors (Lipinski definition) is 4. The predicted molar refractivity (Wildman–Crippen MR) is 105 cm³/mol. The Hall–Kier alpha value is -3.26. The molecule has 0 radical (unpaired) electrons. The smallest absolute Gasteiger partial charge is 0.269 e. The van der Waals surface area contributed by atoms with E-state index in [-0.39, 0.29) is 23.3 Å². The third-order valence-corrected chi connectivity index (χ3v) is 4.59. The molecule has 2 aromatic rings. The van der Waals surface area contributed by atoms with Crippen LogP contribution in [0.5, 0.6) is 0 Å². The van der Waals surface area contributed by atoms with Crippen molar-refractivity contribution in [2.45, 2.75) is 12.5 Å². The van der Waals surface area contributed by atoms with Crippen LogP contribution >= 0.6 is 12.2 Å². The van der Waals surface area contributed by atoms with Crippen LogP contribution in [0, 0.1) is 0 Å². The summed E-state index contributed by atoms with van der Waals surface area (Å²) in [6, 6.07) is 16.6. The number of thiocarbonyl (C=S) groups is 1. The van der Waals surface area contributed by atoms with Crippen LogP contribution in [-0.2, 0) is 9.59 Å². The first-order chi connectivity index (χ1) is 13.0. The zero-order chi connectivity index (χ0) is 19.4. The Kier molecular flexibility index (Phi) is 5.46. The van der Waals surface area contributed by atoms with Crippen LogP contribution in [0.3, 0.4) is 0 Å². The number of hydrazine groups is 1. The van der Waals surface area contributed by atoms with Crippen LogP contribution in [0.2, 0.25) is 0 Å². The summed E-state index contributed by atoms with van der Waals surface area (Å²) in [5.74, 6) is -1.11. The lowest BCUT2D eigenvalue weighted by Crippen LogP contribution is -2.49. The molecule has 1 fully saturated rings. The Balaban J connectivity index is 1.73. The summed E-state index contributed by atoms with van der Waals surface area (Å²) >= 11 is 5.25. The average molecular weight is 382 g/mol. The van der Waals surface area contributed by atoms with Gasteiger partial charge in [0.05, 0.1) is 6.42 Å². The zero-order valence-electron chi connectivity index (χ0n) is 14.6. The maximum atomic E-state index is 12.5. The van der Waals surface area contributed by atoms with Crippen molar-refractivity contribution in [1.82, 2.24) is 15.3 Å². The molecule has 7 nitrogen and oxygen atoms in total. The lowest BCUT2D eigenvalue weighted by molar-refractivity contribution is -0.130. The van der Waals surface area contributed by atoms with Gasteiger partial charge in [0, 0.05) is 18.3 Å². The summed E-state index contributed by atoms with van der Waals surface area (Å²) in [5.41, 5.74) is 3.69. The molecule has 2 N–H and O–H groups in total. The number of para-hydroxylation sites is 1. The average Bonchev–Trinajstić information content (AvgIpc) is 2.87. The second kappa shape index (κ2) is 7.96. The van der Waals surface area contributed by atoms with Crippen molar-refractivity contribution in [2.75, 3.05) is 12.4 Å². The van der Waals surface area contributed by atoms with Crippen molar-refractivity contribution >= 4 is 40.7 Å². The minimum absolute atomic E-state index is 0.141. The number of nitrogens with one attached hydrogen (secondary N) is 2. The topological polar surface area (TPSA) is 81.8 Å². The van der Waals surface area contributed by atoms with Gasteiger partial charge in [-0.25, -0.2) is 5.01 Å². The van der Waals surface area contributed by atoms with E-state index in [1.165, 1.54) is 17.0 Å². The van der Waals surface area contributed by atoms with E-state index >= 15 is 0 Å². The summed E-state index contributed by atoms with van der Waals surface area (Å²) in [5, 5.41) is 4.15. The molecule has 3 amide bonds. The third-order valence-electron chi connectivity index (χ3n) is 4.11. The summed E-state index contributed by atoms with van der Waals surface area (Å²) in [6.07, 6.45) is -0.146. The van der Waals surface area contributed by atoms with Crippen molar-refractivity contribution in [3.05, 3.63) is 66.2 Å². The first-order valence-electron chi connectivity index (χ1n) is 8.29. The molecule has 8 heteroatoms. The first kappa shape index (κ1) is 18.5. The number of amides is 3. The van der Waals surface area contributed by atoms with Crippen molar-refractivity contribution in [2.24, 2.45) is 0 Å². The lowest BCUT2D eigenvalue weighted by Gasteiger charge is -2.24. The second-order valence-electron chi connectivity index (χ2n) is 5.99. The second-order valence-corrected chi connectivity index (χ2v) is 6.36. The molecule has 2 aromatic carbocycles. The Morgan fingerprint density at radius 3 is 2.26 bits per heavy atom. The minimum atomic E-state index is -0.904. The van der Waals surface area contributed by atoms with Gasteiger partial charge in [-0.1, -0.05) is 36.4 Å². The molecule has 1 aliphatic heterocycles. The van der Waals surface area contributed by atoms with Gasteiger partial charge in [0.15, 0.2) is 5.11 Å². The molecule has 1 unspecified atom stereocenters. The molecule has 27 heavy (non-hydrogen) atoms. The monoisotopic (exact) mass is 382 g/mol. The van der Waals surface area contributed by atoms with Crippen LogP contribution in [0.1, 0.15) is 16.8 Å². The highest BCUT2D eigenvalue weighted by Gasteiger charge is 2.42. The van der Waals surface area contributed by atoms with Gasteiger partial charge < -0.3 is 5.32 Å². The summed E-state index contributed by atoms with van der Waals surface area (Å²) in [6.45, 7) is 0. The predicted octanol–water partition coefficient (Wildman–Crippen LogP) is 1.79. The Bertz CT molecular complexity index is 873. The molecule has 0 bridgehead atoms. The highest BCUT2D eigenvalue weighted by molar-refractivity contribution is 7.80. The number of anilines is 1. The van der Waals surface area contributed by atoms with Gasteiger partial charge in [0.2, 0.25) is 5.91 Å². The van der Waals surface area contributed by atoms with E-state index in [2.05, 4.69) is 10.7 Å². The van der Waals surface area contributed by atoms with Gasteiger partial charge in [0.1, 0.15) is 6.04 Å². The summed E-state index contributed by atoms with van der Waals surface area (Å²) < 4.78 is 0. The maximum Gasteiger partial charge on any atom is 0.269 e. The zero-order valence-corrected chi connectivity index (χ0v) is 15.4. The molecule has 1 heterocycles. The largest absolute Gasteiger partial charge is 0.326 e. The normalized spacial score (nSPS) is 16.4. The highest BCUT2D eigenvalue weighted by atomic mass is 32.1. The number of carbonyl (C=O) groups is 3. The molecule has 0 aromatic heterocycles. The molecule has 1 saturated heterocycles. The van der Waals surface area contributed by atoms with E-state index in [0.29, 0.717) is 11.3 Å². The third kappa shape index (κ3) is 4.12. The van der Waals surface area contributed by atoms with E-state index in [4.69, 9.17) is 12.2 Å². The number of carbonyl (C=O) groups excluding carboxylic acids is 3. The molecule has 0 spiro atoms. The minimum Gasteiger partial charge on any atom is -0.326 e. The number of rotatable bonds is 5. The fourth-order valence-electron chi connectivity index (χ4n) is 2.70. The highest BCUT2D eigenvalue weighted by Crippen LogP contribution is 2.18. The van der Waals surface area contributed by atoms with Crippen LogP contribution in [0.4, 0.5) is 5.69 Å². The number of benzene rings is 2. The van der Waals surface area contributed by atoms with Crippen LogP contribution in [-0.4, -0.2) is 45.8 Å². The maximum absolute atomic E-state index is 12.5. The van der Waals surface area contributed by atoms with Crippen molar-refractivity contribution < 1.29 is 14.4 Å². The van der Waals surface area contributed by atoms with Crippen LogP contribution < -0.4 is 10.7 Å². The molecule has 1 atom stereocenters. The van der Waals surface area contributed by atoms with Crippen molar-refractivity contribution in [3.63, 3.8) is 0 Å². The summed E-state index contributed by atoms with van der Waals surface area (Å²) in [7, 11) is 1.52. The molecule has 138 valence electrons. The van der Waals surface area contributed by atoms with Gasteiger partial charge >= 0.3 is 0 Å². The molecular weight excluding hydrogens is 364 g/mol. The number of likely N-dealkylation sites (N-methyl/N-ethyl adjacent to an activating group) is 1. The van der Waals surface area contributed by atoms with Crippen molar-refractivity contribution in [1.29, 1.82) is 0 Å². The van der Waals surface area contributed by atoms with Gasteiger partial charge in [-0.05, 0) is 36.5 Å². The first-order valence-corrected chi connectivity index (χ1v) is 8.70. The lowest BCUT2D eigenvalue weighted by atomic mass is 10.2. The van der Waals surface area contributed by atoms with E-state index < -0.39 is 11.9 Å². The van der Waals surface area contributed by atoms with Gasteiger partial charge in [-0.3, -0.25) is 24.7 Å². The van der Waals surface area contributed by atoms with Gasteiger partial charge in [-0.2, -0.15) is 0 Å². The fraction of sp³-hybridized carbons (Fsp3) is 0.158. The SMILES string of the molecule is CN1C(=O)C(CC(=O)Nc2ccccc2)N(NC(=O)c2ccccc2)C1=S. The van der Waals surface area contributed by atoms with E-state index in [0.717, 1.165) is 0 Å². The van der Waals surface area contributed by atoms with E-state index in [9.17, 15) is 14.4 Å². The van der Waals surface area contributed by atoms with Crippen molar-refractivity contribution in [3.8, 4) is 0 Å². The standard InChI is InChI=1S/C19H18N4O3S/c1-22-18(26)15(12-16(24)20-14-10-6-3-7-11-14)23(19(22)27)21-17(25)13-8-4-2-5-9-13/h2-11,15H,12H2,1H3,(H,20,24)(H,21,25). The molecule has 3 rings (SSSR count). The van der Waals surface area contributed by atoms with E-state index in [1.807, 2.05) is 6.07 Å². The molecular formula is C19H18N4O3S. The van der Waals surface area contributed by atoms with Gasteiger partial charge in [0.25, 0.3) is 11.8 Å². The van der Waals surface area contributed by atoms with Crippen LogP contribution in [0.15, 0.2) is 60.7 Å². The number of nitrogens with zero attached hydrogens (tertiary/aromatic N) is 2. The summed E-state index contributed by atoms with van der Waals surface area (Å²) in [4.78, 5) is 38.6. The molecule has 1 aliphatic rings. The Morgan fingerprint density at radius 2 is 1.63 bits per heavy atom. The van der Waals surface area contributed by atoms with E-state index in [1.54, 1.807) is 54.6 Å². The molecule has 0 aliphatic carbocycles.